The molecule has 8 nitrogen and oxygen atoms in total. The molecule has 1 aliphatic heterocycles. The second-order valence-corrected chi connectivity index (χ2v) is 9.45. The van der Waals surface area contributed by atoms with E-state index in [9.17, 15) is 9.59 Å². The lowest BCUT2D eigenvalue weighted by Crippen LogP contribution is -2.27. The van der Waals surface area contributed by atoms with Gasteiger partial charge in [0.05, 0.1) is 17.6 Å². The fourth-order valence-electron chi connectivity index (χ4n) is 5.12. The summed E-state index contributed by atoms with van der Waals surface area (Å²) in [5, 5.41) is 11.2. The van der Waals surface area contributed by atoms with Gasteiger partial charge in [0.25, 0.3) is 5.56 Å². The summed E-state index contributed by atoms with van der Waals surface area (Å²) in [5.74, 6) is 0. The van der Waals surface area contributed by atoms with Crippen molar-refractivity contribution in [2.45, 2.75) is 32.9 Å². The van der Waals surface area contributed by atoms with E-state index in [1.54, 1.807) is 24.4 Å². The molecule has 0 aliphatic carbocycles. The number of rotatable bonds is 6. The summed E-state index contributed by atoms with van der Waals surface area (Å²) >= 11 is 6.18. The van der Waals surface area contributed by atoms with Gasteiger partial charge in [0.2, 0.25) is 0 Å². The zero-order valence-electron chi connectivity index (χ0n) is 19.7. The van der Waals surface area contributed by atoms with Crippen molar-refractivity contribution >= 4 is 45.4 Å². The van der Waals surface area contributed by atoms with E-state index in [2.05, 4.69) is 26.4 Å². The van der Waals surface area contributed by atoms with E-state index in [0.29, 0.717) is 35.8 Å². The Morgan fingerprint density at radius 1 is 1.11 bits per heavy atom. The van der Waals surface area contributed by atoms with Crippen molar-refractivity contribution in [1.82, 2.24) is 24.3 Å². The van der Waals surface area contributed by atoms with Crippen molar-refractivity contribution in [3.05, 3.63) is 81.1 Å². The second kappa shape index (κ2) is 8.87. The molecule has 9 heteroatoms. The van der Waals surface area contributed by atoms with Crippen LogP contribution in [0.25, 0.3) is 33.1 Å². The van der Waals surface area contributed by atoms with E-state index < -0.39 is 0 Å². The number of fused-ring (bicyclic) bond motifs is 2. The summed E-state index contributed by atoms with van der Waals surface area (Å²) in [6.45, 7) is 4.19. The third kappa shape index (κ3) is 3.74. The first-order valence-electron chi connectivity index (χ1n) is 11.9. The van der Waals surface area contributed by atoms with Crippen LogP contribution in [0.3, 0.4) is 0 Å². The van der Waals surface area contributed by atoms with Crippen LogP contribution in [-0.4, -0.2) is 37.1 Å². The van der Waals surface area contributed by atoms with Crippen molar-refractivity contribution in [3.63, 3.8) is 0 Å². The van der Waals surface area contributed by atoms with Gasteiger partial charge in [-0.3, -0.25) is 19.1 Å². The van der Waals surface area contributed by atoms with Gasteiger partial charge in [0.15, 0.2) is 6.29 Å². The molecule has 0 atom stereocenters. The van der Waals surface area contributed by atoms with E-state index >= 15 is 0 Å². The molecule has 1 aliphatic rings. The Labute approximate surface area is 211 Å². The number of nitrogens with one attached hydrogen (secondary N) is 1. The number of pyridine rings is 3. The van der Waals surface area contributed by atoms with Crippen molar-refractivity contribution in [3.8, 4) is 11.3 Å². The van der Waals surface area contributed by atoms with Gasteiger partial charge in [-0.1, -0.05) is 23.2 Å². The van der Waals surface area contributed by atoms with Crippen molar-refractivity contribution < 1.29 is 4.79 Å². The van der Waals surface area contributed by atoms with Crippen LogP contribution in [0.15, 0.2) is 53.6 Å². The topological polar surface area (TPSA) is 94.7 Å². The standard InChI is InChI=1S/C27H23ClN6O2/c1-16-11-17(24-20(12-16)27(36)33-9-2-10-34-26(33)21(24)14-31-34)7-8-29-22-5-6-23(28)32-25(22)18-3-4-19(15-35)30-13-18/h3-6,11-15,29H,2,7-10H2,1H3. The number of aldehydes is 1. The molecule has 4 aromatic heterocycles. The summed E-state index contributed by atoms with van der Waals surface area (Å²) in [7, 11) is 0. The summed E-state index contributed by atoms with van der Waals surface area (Å²) in [6.07, 6.45) is 5.82. The SMILES string of the molecule is Cc1cc(CCNc2ccc(Cl)nc2-c2ccc(C=O)nc2)c2c(c1)c(=O)n1c3c2cnn3CCC1. The Kier molecular flexibility index (Phi) is 5.53. The molecule has 1 N–H and O–H groups in total. The van der Waals surface area contributed by atoms with Crippen molar-refractivity contribution in [2.75, 3.05) is 11.9 Å². The lowest BCUT2D eigenvalue weighted by molar-refractivity contribution is 0.111. The van der Waals surface area contributed by atoms with Crippen LogP contribution in [0.4, 0.5) is 5.69 Å². The number of carbonyl (C=O) groups is 1. The molecule has 0 spiro atoms. The Hall–Kier alpha value is -4.04. The third-order valence-corrected chi connectivity index (χ3v) is 6.89. The number of aromatic nitrogens is 5. The maximum atomic E-state index is 13.4. The lowest BCUT2D eigenvalue weighted by atomic mass is 9.98. The van der Waals surface area contributed by atoms with Crippen LogP contribution in [0.2, 0.25) is 5.15 Å². The Bertz CT molecular complexity index is 1700. The molecule has 0 unspecified atom stereocenters. The highest BCUT2D eigenvalue weighted by atomic mass is 35.5. The Balaban J connectivity index is 1.36. The van der Waals surface area contributed by atoms with Gasteiger partial charge in [0, 0.05) is 47.6 Å². The van der Waals surface area contributed by atoms with Gasteiger partial charge in [-0.2, -0.15) is 5.10 Å². The van der Waals surface area contributed by atoms with Gasteiger partial charge in [-0.05, 0) is 55.7 Å². The van der Waals surface area contributed by atoms with Gasteiger partial charge >= 0.3 is 0 Å². The lowest BCUT2D eigenvalue weighted by Gasteiger charge is -2.19. The van der Waals surface area contributed by atoms with Crippen LogP contribution in [0.5, 0.6) is 0 Å². The Morgan fingerprint density at radius 3 is 2.81 bits per heavy atom. The number of hydrogen-bond donors (Lipinski definition) is 1. The fraction of sp³-hybridized carbons (Fsp3) is 0.222. The molecular formula is C27H23ClN6O2. The van der Waals surface area contributed by atoms with E-state index in [0.717, 1.165) is 63.7 Å². The van der Waals surface area contributed by atoms with Crippen LogP contribution in [0, 0.1) is 6.92 Å². The van der Waals surface area contributed by atoms with Gasteiger partial charge < -0.3 is 5.32 Å². The third-order valence-electron chi connectivity index (χ3n) is 6.68. The number of benzene rings is 1. The minimum absolute atomic E-state index is 0.0484. The molecule has 0 fully saturated rings. The first-order valence-corrected chi connectivity index (χ1v) is 12.2. The largest absolute Gasteiger partial charge is 0.383 e. The molecule has 5 heterocycles. The zero-order valence-corrected chi connectivity index (χ0v) is 20.4. The van der Waals surface area contributed by atoms with E-state index in [1.807, 2.05) is 34.5 Å². The van der Waals surface area contributed by atoms with E-state index in [-0.39, 0.29) is 5.56 Å². The molecule has 1 aromatic carbocycles. The molecule has 0 radical (unpaired) electrons. The highest BCUT2D eigenvalue weighted by molar-refractivity contribution is 6.29. The quantitative estimate of drug-likeness (QED) is 0.271. The maximum absolute atomic E-state index is 13.4. The fourth-order valence-corrected chi connectivity index (χ4v) is 5.27. The number of halogens is 1. The molecule has 180 valence electrons. The molecule has 5 aromatic rings. The Morgan fingerprint density at radius 2 is 2.00 bits per heavy atom. The van der Waals surface area contributed by atoms with Gasteiger partial charge in [-0.15, -0.1) is 0 Å². The zero-order chi connectivity index (χ0) is 24.8. The van der Waals surface area contributed by atoms with Crippen molar-refractivity contribution in [1.29, 1.82) is 0 Å². The number of anilines is 1. The number of aryl methyl sites for hydroxylation is 3. The molecule has 0 saturated heterocycles. The molecule has 6 rings (SSSR count). The number of carbonyl (C=O) groups excluding carboxylic acids is 1. The number of hydrogen-bond acceptors (Lipinski definition) is 6. The van der Waals surface area contributed by atoms with Crippen molar-refractivity contribution in [2.24, 2.45) is 0 Å². The molecular weight excluding hydrogens is 476 g/mol. The average Bonchev–Trinajstić information content (AvgIpc) is 3.32. The predicted molar refractivity (Wildman–Crippen MR) is 141 cm³/mol. The highest BCUT2D eigenvalue weighted by Crippen LogP contribution is 2.31. The van der Waals surface area contributed by atoms with Gasteiger partial charge in [0.1, 0.15) is 16.5 Å². The van der Waals surface area contributed by atoms with Gasteiger partial charge in [-0.25, -0.2) is 9.67 Å². The summed E-state index contributed by atoms with van der Waals surface area (Å²) < 4.78 is 3.81. The predicted octanol–water partition coefficient (Wildman–Crippen LogP) is 4.64. The molecule has 0 bridgehead atoms. The maximum Gasteiger partial charge on any atom is 0.260 e. The second-order valence-electron chi connectivity index (χ2n) is 9.06. The summed E-state index contributed by atoms with van der Waals surface area (Å²) in [6, 6.07) is 11.2. The van der Waals surface area contributed by atoms with E-state index in [4.69, 9.17) is 11.6 Å². The minimum atomic E-state index is 0.0484. The highest BCUT2D eigenvalue weighted by Gasteiger charge is 2.20. The van der Waals surface area contributed by atoms with Crippen LogP contribution < -0.4 is 10.9 Å². The molecule has 36 heavy (non-hydrogen) atoms. The molecule has 0 amide bonds. The van der Waals surface area contributed by atoms with Crippen LogP contribution >= 0.6 is 11.6 Å². The van der Waals surface area contributed by atoms with Crippen LogP contribution in [-0.2, 0) is 19.5 Å². The smallest absolute Gasteiger partial charge is 0.260 e. The van der Waals surface area contributed by atoms with E-state index in [1.165, 1.54) is 0 Å². The normalized spacial score (nSPS) is 12.8. The monoisotopic (exact) mass is 498 g/mol. The average molecular weight is 499 g/mol. The summed E-state index contributed by atoms with van der Waals surface area (Å²) in [5.41, 5.74) is 5.71. The molecule has 0 saturated carbocycles. The number of nitrogens with zero attached hydrogens (tertiary/aromatic N) is 5. The summed E-state index contributed by atoms with van der Waals surface area (Å²) in [4.78, 5) is 33.0. The minimum Gasteiger partial charge on any atom is -0.383 e. The first-order chi connectivity index (χ1) is 17.5. The van der Waals surface area contributed by atoms with Crippen LogP contribution in [0.1, 0.15) is 28.0 Å². The first kappa shape index (κ1) is 22.4.